The number of amides is 1. The lowest BCUT2D eigenvalue weighted by Gasteiger charge is -2.38. The first-order valence-electron chi connectivity index (χ1n) is 10.1. The van der Waals surface area contributed by atoms with E-state index in [0.29, 0.717) is 12.1 Å². The third-order valence-electron chi connectivity index (χ3n) is 5.28. The van der Waals surface area contributed by atoms with E-state index in [-0.39, 0.29) is 29.5 Å². The molecule has 1 unspecified atom stereocenters. The van der Waals surface area contributed by atoms with Crippen molar-refractivity contribution in [1.82, 2.24) is 4.90 Å². The second-order valence-electron chi connectivity index (χ2n) is 8.90. The molecule has 3 rings (SSSR count). The van der Waals surface area contributed by atoms with E-state index in [0.717, 1.165) is 17.7 Å². The zero-order valence-electron chi connectivity index (χ0n) is 17.7. The molecule has 5 nitrogen and oxygen atoms in total. The van der Waals surface area contributed by atoms with Gasteiger partial charge in [-0.1, -0.05) is 51.1 Å². The quantitative estimate of drug-likeness (QED) is 0.442. The van der Waals surface area contributed by atoms with Gasteiger partial charge in [0.15, 0.2) is 0 Å². The van der Waals surface area contributed by atoms with Crippen molar-refractivity contribution < 1.29 is 9.90 Å². The maximum absolute atomic E-state index is 12.7. The molecule has 29 heavy (non-hydrogen) atoms. The van der Waals surface area contributed by atoms with Crippen molar-refractivity contribution >= 4 is 17.7 Å². The summed E-state index contributed by atoms with van der Waals surface area (Å²) in [4.78, 5) is 15.1. The molecule has 2 aromatic rings. The van der Waals surface area contributed by atoms with Crippen LogP contribution in [0.25, 0.3) is 6.08 Å². The number of nitrogens with zero attached hydrogens (tertiary/aromatic N) is 2. The molecule has 0 aromatic heterocycles. The number of nitrogens with two attached hydrogens (primary N) is 1. The Morgan fingerprint density at radius 3 is 2.59 bits per heavy atom. The summed E-state index contributed by atoms with van der Waals surface area (Å²) in [6.45, 7) is 9.80. The highest BCUT2D eigenvalue weighted by molar-refractivity contribution is 5.95. The van der Waals surface area contributed by atoms with Crippen molar-refractivity contribution in [3.8, 4) is 5.75 Å². The third kappa shape index (κ3) is 4.80. The van der Waals surface area contributed by atoms with Gasteiger partial charge in [-0.15, -0.1) is 0 Å². The Bertz CT molecular complexity index is 915. The Kier molecular flexibility index (Phi) is 5.99. The fourth-order valence-corrected chi connectivity index (χ4v) is 3.76. The zero-order valence-corrected chi connectivity index (χ0v) is 17.7. The van der Waals surface area contributed by atoms with E-state index < -0.39 is 0 Å². The average molecular weight is 394 g/mol. The smallest absolute Gasteiger partial charge is 0.241 e. The number of para-hydroxylation sites is 1. The van der Waals surface area contributed by atoms with E-state index in [1.54, 1.807) is 12.1 Å². The van der Waals surface area contributed by atoms with Crippen LogP contribution < -0.4 is 10.9 Å². The van der Waals surface area contributed by atoms with Crippen molar-refractivity contribution in [2.45, 2.75) is 46.6 Å². The van der Waals surface area contributed by atoms with Gasteiger partial charge in [0.2, 0.25) is 5.91 Å². The zero-order chi connectivity index (χ0) is 21.2. The Morgan fingerprint density at radius 2 is 1.90 bits per heavy atom. The molecule has 0 radical (unpaired) electrons. The molecule has 154 valence electrons. The van der Waals surface area contributed by atoms with Gasteiger partial charge < -0.3 is 10.0 Å². The van der Waals surface area contributed by atoms with Gasteiger partial charge in [0.25, 0.3) is 0 Å². The van der Waals surface area contributed by atoms with Crippen molar-refractivity contribution in [1.29, 1.82) is 0 Å². The fraction of sp³-hybridized carbons (Fsp3) is 0.375. The van der Waals surface area contributed by atoms with Crippen LogP contribution in [0.4, 0.5) is 5.69 Å². The molecule has 1 aliphatic heterocycles. The topological polar surface area (TPSA) is 69.8 Å². The first kappa shape index (κ1) is 20.9. The minimum atomic E-state index is -0.181. The van der Waals surface area contributed by atoms with Crippen LogP contribution in [-0.2, 0) is 11.2 Å². The second kappa shape index (κ2) is 8.29. The molecule has 0 saturated heterocycles. The highest BCUT2D eigenvalue weighted by Crippen LogP contribution is 2.36. The Balaban J connectivity index is 1.77. The van der Waals surface area contributed by atoms with Crippen molar-refractivity contribution in [3.05, 3.63) is 65.4 Å². The number of fused-ring (bicyclic) bond motifs is 1. The van der Waals surface area contributed by atoms with Gasteiger partial charge in [0.1, 0.15) is 5.75 Å². The molecule has 1 amide bonds. The third-order valence-corrected chi connectivity index (χ3v) is 5.28. The predicted molar refractivity (Wildman–Crippen MR) is 118 cm³/mol. The van der Waals surface area contributed by atoms with Gasteiger partial charge in [-0.05, 0) is 48.1 Å². The fourth-order valence-electron chi connectivity index (χ4n) is 3.76. The summed E-state index contributed by atoms with van der Waals surface area (Å²) in [5.74, 6) is 6.24. The molecule has 0 bridgehead atoms. The van der Waals surface area contributed by atoms with Crippen LogP contribution in [0.1, 0.15) is 56.8 Å². The van der Waals surface area contributed by atoms with Crippen LogP contribution in [0.3, 0.4) is 0 Å². The van der Waals surface area contributed by atoms with E-state index in [1.165, 1.54) is 10.6 Å². The molecule has 0 fully saturated rings. The van der Waals surface area contributed by atoms with E-state index in [9.17, 15) is 9.90 Å². The summed E-state index contributed by atoms with van der Waals surface area (Å²) in [5, 5.41) is 11.1. The largest absolute Gasteiger partial charge is 0.508 e. The van der Waals surface area contributed by atoms with Crippen LogP contribution in [-0.4, -0.2) is 22.5 Å². The number of hydrazine groups is 1. The van der Waals surface area contributed by atoms with Gasteiger partial charge in [-0.2, -0.15) is 0 Å². The van der Waals surface area contributed by atoms with Gasteiger partial charge in [0, 0.05) is 24.7 Å². The number of aryl methyl sites for hydroxylation is 1. The summed E-state index contributed by atoms with van der Waals surface area (Å²) in [6.07, 6.45) is 4.82. The number of rotatable bonds is 5. The molecule has 0 aliphatic carbocycles. The van der Waals surface area contributed by atoms with E-state index in [1.807, 2.05) is 30.3 Å². The number of aromatic hydroxyl groups is 1. The first-order valence-corrected chi connectivity index (χ1v) is 10.1. The standard InChI is InChI=1S/C24H31N3O2/c1-17-19-9-7-10-21(20(19)14-15-26(17)16-24(2,3)4)27(25)23(29)13-12-18-8-5-6-11-22(18)28/h5-11,14-15,17,28H,12-13,16,25H2,1-4H3. The maximum Gasteiger partial charge on any atom is 0.241 e. The lowest BCUT2D eigenvalue weighted by atomic mass is 9.91. The van der Waals surface area contributed by atoms with Gasteiger partial charge in [-0.3, -0.25) is 4.79 Å². The molecular formula is C24H31N3O2. The molecule has 1 aliphatic rings. The molecular weight excluding hydrogens is 362 g/mol. The first-order chi connectivity index (χ1) is 13.7. The number of carbonyl (C=O) groups is 1. The normalized spacial score (nSPS) is 15.9. The van der Waals surface area contributed by atoms with Crippen LogP contribution >= 0.6 is 0 Å². The van der Waals surface area contributed by atoms with Crippen molar-refractivity contribution in [2.75, 3.05) is 11.6 Å². The monoisotopic (exact) mass is 393 g/mol. The van der Waals surface area contributed by atoms with Crippen LogP contribution in [0, 0.1) is 5.41 Å². The molecule has 1 heterocycles. The highest BCUT2D eigenvalue weighted by atomic mass is 16.3. The summed E-state index contributed by atoms with van der Waals surface area (Å²) in [7, 11) is 0. The summed E-state index contributed by atoms with van der Waals surface area (Å²) in [5.41, 5.74) is 3.80. The Hall–Kier alpha value is -2.79. The number of phenolic OH excluding ortho intramolecular Hbond substituents is 1. The average Bonchev–Trinajstić information content (AvgIpc) is 2.67. The maximum atomic E-state index is 12.7. The molecule has 0 spiro atoms. The van der Waals surface area contributed by atoms with E-state index in [2.05, 4.69) is 44.9 Å². The summed E-state index contributed by atoms with van der Waals surface area (Å²) in [6, 6.07) is 13.2. The van der Waals surface area contributed by atoms with Crippen LogP contribution in [0.15, 0.2) is 48.7 Å². The summed E-state index contributed by atoms with van der Waals surface area (Å²) >= 11 is 0. The van der Waals surface area contributed by atoms with Gasteiger partial charge in [0.05, 0.1) is 11.7 Å². The van der Waals surface area contributed by atoms with Crippen LogP contribution in [0.5, 0.6) is 5.75 Å². The number of benzene rings is 2. The predicted octanol–water partition coefficient (Wildman–Crippen LogP) is 4.63. The molecule has 2 aromatic carbocycles. The highest BCUT2D eigenvalue weighted by Gasteiger charge is 2.26. The lowest BCUT2D eigenvalue weighted by molar-refractivity contribution is -0.118. The van der Waals surface area contributed by atoms with Crippen LogP contribution in [0.2, 0.25) is 0 Å². The number of carbonyl (C=O) groups excluding carboxylic acids is 1. The molecule has 3 N–H and O–H groups in total. The van der Waals surface area contributed by atoms with Gasteiger partial charge >= 0.3 is 0 Å². The number of hydrogen-bond acceptors (Lipinski definition) is 4. The molecule has 0 saturated carbocycles. The number of anilines is 1. The van der Waals surface area contributed by atoms with E-state index >= 15 is 0 Å². The molecule has 5 heteroatoms. The lowest BCUT2D eigenvalue weighted by Crippen LogP contribution is -2.39. The Morgan fingerprint density at radius 1 is 1.17 bits per heavy atom. The number of hydrogen-bond donors (Lipinski definition) is 2. The van der Waals surface area contributed by atoms with Crippen molar-refractivity contribution in [2.24, 2.45) is 11.3 Å². The summed E-state index contributed by atoms with van der Waals surface area (Å²) < 4.78 is 0. The SMILES string of the molecule is CC1c2cccc(N(N)C(=O)CCc3ccccc3O)c2C=CN1CC(C)(C)C. The van der Waals surface area contributed by atoms with E-state index in [4.69, 9.17) is 5.84 Å². The number of phenols is 1. The second-order valence-corrected chi connectivity index (χ2v) is 8.90. The minimum absolute atomic E-state index is 0.181. The Labute approximate surface area is 173 Å². The minimum Gasteiger partial charge on any atom is -0.508 e. The molecule has 1 atom stereocenters. The van der Waals surface area contributed by atoms with Crippen molar-refractivity contribution in [3.63, 3.8) is 0 Å². The van der Waals surface area contributed by atoms with Gasteiger partial charge in [-0.25, -0.2) is 10.9 Å².